The molecule has 0 radical (unpaired) electrons. The molecule has 1 aliphatic heterocycles. The Labute approximate surface area is 165 Å². The number of nitrogens with zero attached hydrogens (tertiary/aromatic N) is 2. The molecule has 2 aromatic carbocycles. The van der Waals surface area contributed by atoms with E-state index in [-0.39, 0.29) is 5.91 Å². The lowest BCUT2D eigenvalue weighted by Gasteiger charge is -2.26. The Balaban J connectivity index is 1.46. The first-order valence-corrected chi connectivity index (χ1v) is 9.46. The second-order valence-electron chi connectivity index (χ2n) is 6.82. The molecule has 146 valence electrons. The molecule has 1 heterocycles. The third-order valence-corrected chi connectivity index (χ3v) is 4.64. The van der Waals surface area contributed by atoms with E-state index in [1.54, 1.807) is 31.2 Å². The number of carbonyl (C=O) groups is 1. The average molecular weight is 379 g/mol. The van der Waals surface area contributed by atoms with Gasteiger partial charge in [-0.2, -0.15) is 5.26 Å². The molecular weight excluding hydrogens is 354 g/mol. The van der Waals surface area contributed by atoms with Crippen molar-refractivity contribution >= 4 is 5.91 Å². The van der Waals surface area contributed by atoms with E-state index in [0.29, 0.717) is 17.9 Å². The van der Waals surface area contributed by atoms with E-state index in [1.165, 1.54) is 5.56 Å². The molecule has 0 saturated carbocycles. The fraction of sp³-hybridized carbons (Fsp3) is 0.364. The lowest BCUT2D eigenvalue weighted by Crippen LogP contribution is -2.36. The third kappa shape index (κ3) is 5.81. The fourth-order valence-electron chi connectivity index (χ4n) is 3.01. The first-order chi connectivity index (χ1) is 13.6. The predicted octanol–water partition coefficient (Wildman–Crippen LogP) is 2.47. The van der Waals surface area contributed by atoms with Crippen molar-refractivity contribution < 1.29 is 14.3 Å². The summed E-state index contributed by atoms with van der Waals surface area (Å²) in [6.45, 7) is 6.58. The Morgan fingerprint density at radius 2 is 1.93 bits per heavy atom. The molecule has 1 aliphatic rings. The number of amides is 1. The fourth-order valence-corrected chi connectivity index (χ4v) is 3.01. The zero-order valence-electron chi connectivity index (χ0n) is 16.1. The van der Waals surface area contributed by atoms with Gasteiger partial charge in [0.2, 0.25) is 0 Å². The Morgan fingerprint density at radius 3 is 2.64 bits per heavy atom. The van der Waals surface area contributed by atoms with E-state index in [9.17, 15) is 4.79 Å². The summed E-state index contributed by atoms with van der Waals surface area (Å²) in [5, 5.41) is 11.8. The zero-order valence-corrected chi connectivity index (χ0v) is 16.1. The molecule has 28 heavy (non-hydrogen) atoms. The Hall–Kier alpha value is -2.88. The highest BCUT2D eigenvalue weighted by Gasteiger charge is 2.15. The van der Waals surface area contributed by atoms with E-state index in [4.69, 9.17) is 14.7 Å². The van der Waals surface area contributed by atoms with Gasteiger partial charge in [-0.1, -0.05) is 30.3 Å². The van der Waals surface area contributed by atoms with Crippen LogP contribution < -0.4 is 10.1 Å². The van der Waals surface area contributed by atoms with Crippen molar-refractivity contribution in [1.29, 1.82) is 5.26 Å². The van der Waals surface area contributed by atoms with Gasteiger partial charge in [0.05, 0.1) is 24.8 Å². The van der Waals surface area contributed by atoms with Crippen LogP contribution in [0.3, 0.4) is 0 Å². The van der Waals surface area contributed by atoms with Crippen molar-refractivity contribution in [2.24, 2.45) is 0 Å². The van der Waals surface area contributed by atoms with Gasteiger partial charge in [0, 0.05) is 26.2 Å². The topological polar surface area (TPSA) is 74.6 Å². The number of benzene rings is 2. The molecule has 1 amide bonds. The number of rotatable bonds is 7. The standard InChI is InChI=1S/C22H25N3O3/c1-17(28-21-4-2-3-20(13-21)14-23)22(26)24-15-18-5-7-19(8-6-18)16-25-9-11-27-12-10-25/h2-8,13,17H,9-12,15-16H2,1H3,(H,24,26). The van der Waals surface area contributed by atoms with Gasteiger partial charge in [-0.3, -0.25) is 9.69 Å². The number of hydrogen-bond acceptors (Lipinski definition) is 5. The Bertz CT molecular complexity index is 824. The highest BCUT2D eigenvalue weighted by atomic mass is 16.5. The second-order valence-corrected chi connectivity index (χ2v) is 6.82. The van der Waals surface area contributed by atoms with E-state index < -0.39 is 6.10 Å². The molecule has 1 atom stereocenters. The van der Waals surface area contributed by atoms with Gasteiger partial charge >= 0.3 is 0 Å². The maximum Gasteiger partial charge on any atom is 0.261 e. The van der Waals surface area contributed by atoms with Crippen molar-refractivity contribution in [2.45, 2.75) is 26.1 Å². The maximum atomic E-state index is 12.3. The summed E-state index contributed by atoms with van der Waals surface area (Å²) in [5.41, 5.74) is 2.80. The van der Waals surface area contributed by atoms with Gasteiger partial charge in [-0.25, -0.2) is 0 Å². The smallest absolute Gasteiger partial charge is 0.261 e. The van der Waals surface area contributed by atoms with Gasteiger partial charge < -0.3 is 14.8 Å². The van der Waals surface area contributed by atoms with E-state index in [1.807, 2.05) is 12.1 Å². The largest absolute Gasteiger partial charge is 0.481 e. The molecule has 0 bridgehead atoms. The first-order valence-electron chi connectivity index (χ1n) is 9.46. The van der Waals surface area contributed by atoms with Gasteiger partial charge in [0.15, 0.2) is 6.10 Å². The monoisotopic (exact) mass is 379 g/mol. The molecule has 6 heteroatoms. The molecule has 1 saturated heterocycles. The molecule has 6 nitrogen and oxygen atoms in total. The minimum absolute atomic E-state index is 0.195. The van der Waals surface area contributed by atoms with Crippen LogP contribution in [0.2, 0.25) is 0 Å². The van der Waals surface area contributed by atoms with Crippen molar-refractivity contribution in [3.8, 4) is 11.8 Å². The van der Waals surface area contributed by atoms with Crippen LogP contribution in [0.15, 0.2) is 48.5 Å². The number of morpholine rings is 1. The minimum Gasteiger partial charge on any atom is -0.481 e. The Kier molecular flexibility index (Phi) is 7.01. The van der Waals surface area contributed by atoms with E-state index >= 15 is 0 Å². The number of nitrogens with one attached hydrogen (secondary N) is 1. The van der Waals surface area contributed by atoms with Crippen LogP contribution in [-0.2, 0) is 22.6 Å². The van der Waals surface area contributed by atoms with Crippen molar-refractivity contribution in [3.63, 3.8) is 0 Å². The lowest BCUT2D eigenvalue weighted by atomic mass is 10.1. The van der Waals surface area contributed by atoms with Crippen LogP contribution >= 0.6 is 0 Å². The quantitative estimate of drug-likeness (QED) is 0.800. The molecule has 0 spiro atoms. The molecular formula is C22H25N3O3. The first kappa shape index (κ1) is 19.9. The average Bonchev–Trinajstić information content (AvgIpc) is 2.74. The van der Waals surface area contributed by atoms with Gasteiger partial charge in [-0.05, 0) is 36.2 Å². The zero-order chi connectivity index (χ0) is 19.8. The third-order valence-electron chi connectivity index (χ3n) is 4.64. The molecule has 3 rings (SSSR count). The number of ether oxygens (including phenoxy) is 2. The summed E-state index contributed by atoms with van der Waals surface area (Å²) < 4.78 is 11.0. The predicted molar refractivity (Wildman–Crippen MR) is 106 cm³/mol. The van der Waals surface area contributed by atoms with Gasteiger partial charge in [-0.15, -0.1) is 0 Å². The van der Waals surface area contributed by atoms with E-state index in [0.717, 1.165) is 38.4 Å². The highest BCUT2D eigenvalue weighted by molar-refractivity contribution is 5.80. The number of nitriles is 1. The number of hydrogen-bond donors (Lipinski definition) is 1. The van der Waals surface area contributed by atoms with Crippen LogP contribution in [-0.4, -0.2) is 43.2 Å². The summed E-state index contributed by atoms with van der Waals surface area (Å²) in [5.74, 6) is 0.314. The molecule has 0 aromatic heterocycles. The van der Waals surface area contributed by atoms with E-state index in [2.05, 4.69) is 28.4 Å². The maximum absolute atomic E-state index is 12.3. The van der Waals surface area contributed by atoms with Gasteiger partial charge in [0.25, 0.3) is 5.91 Å². The van der Waals surface area contributed by atoms with Crippen molar-refractivity contribution in [3.05, 3.63) is 65.2 Å². The van der Waals surface area contributed by atoms with Crippen LogP contribution in [0.4, 0.5) is 0 Å². The van der Waals surface area contributed by atoms with Crippen LogP contribution in [0.1, 0.15) is 23.6 Å². The summed E-state index contributed by atoms with van der Waals surface area (Å²) in [6, 6.07) is 17.1. The molecule has 1 N–H and O–H groups in total. The molecule has 0 aliphatic carbocycles. The Morgan fingerprint density at radius 1 is 1.21 bits per heavy atom. The van der Waals surface area contributed by atoms with Crippen LogP contribution in [0, 0.1) is 11.3 Å². The molecule has 1 unspecified atom stereocenters. The summed E-state index contributed by atoms with van der Waals surface area (Å²) in [4.78, 5) is 14.7. The summed E-state index contributed by atoms with van der Waals surface area (Å²) in [7, 11) is 0. The van der Waals surface area contributed by atoms with Crippen LogP contribution in [0.5, 0.6) is 5.75 Å². The number of carbonyl (C=O) groups excluding carboxylic acids is 1. The summed E-state index contributed by atoms with van der Waals surface area (Å²) in [6.07, 6.45) is -0.644. The second kappa shape index (κ2) is 9.88. The van der Waals surface area contributed by atoms with Crippen molar-refractivity contribution in [1.82, 2.24) is 10.2 Å². The molecule has 2 aromatic rings. The highest BCUT2D eigenvalue weighted by Crippen LogP contribution is 2.14. The van der Waals surface area contributed by atoms with Gasteiger partial charge in [0.1, 0.15) is 5.75 Å². The molecule has 1 fully saturated rings. The lowest BCUT2D eigenvalue weighted by molar-refractivity contribution is -0.127. The SMILES string of the molecule is CC(Oc1cccc(C#N)c1)C(=O)NCc1ccc(CN2CCOCC2)cc1. The summed E-state index contributed by atoms with van der Waals surface area (Å²) >= 11 is 0. The van der Waals surface area contributed by atoms with Crippen molar-refractivity contribution in [2.75, 3.05) is 26.3 Å². The van der Waals surface area contributed by atoms with Crippen LogP contribution in [0.25, 0.3) is 0 Å². The normalized spacial score (nSPS) is 15.4. The minimum atomic E-state index is -0.644.